The Hall–Kier alpha value is -1.60. The van der Waals surface area contributed by atoms with Crippen LogP contribution in [0.5, 0.6) is 0 Å². The van der Waals surface area contributed by atoms with Crippen molar-refractivity contribution in [2.75, 3.05) is 19.8 Å². The lowest BCUT2D eigenvalue weighted by molar-refractivity contribution is -0.302. The van der Waals surface area contributed by atoms with Gasteiger partial charge in [0.1, 0.15) is 24.4 Å². The second-order valence-corrected chi connectivity index (χ2v) is 23.9. The van der Waals surface area contributed by atoms with E-state index in [9.17, 15) is 35.1 Å². The first-order valence-corrected chi connectivity index (χ1v) is 34.0. The van der Waals surface area contributed by atoms with E-state index >= 15 is 0 Å². The molecule has 1 amide bonds. The first kappa shape index (κ1) is 74.4. The number of ether oxygens (including phenoxy) is 3. The molecule has 7 atom stereocenters. The van der Waals surface area contributed by atoms with Crippen molar-refractivity contribution in [3.05, 3.63) is 12.2 Å². The van der Waals surface area contributed by atoms with E-state index in [4.69, 9.17) is 14.2 Å². The lowest BCUT2D eigenvalue weighted by Gasteiger charge is -2.40. The predicted molar refractivity (Wildman–Crippen MR) is 325 cm³/mol. The van der Waals surface area contributed by atoms with Crippen molar-refractivity contribution in [1.82, 2.24) is 5.32 Å². The van der Waals surface area contributed by atoms with Crippen molar-refractivity contribution < 1.29 is 49.3 Å². The second kappa shape index (κ2) is 57.2. The number of esters is 1. The molecule has 7 unspecified atom stereocenters. The number of unbranched alkanes of at least 4 members (excludes halogenated alkanes) is 46. The Balaban J connectivity index is 1.91. The minimum absolute atomic E-state index is 0.0120. The van der Waals surface area contributed by atoms with Gasteiger partial charge < -0.3 is 45.1 Å². The van der Waals surface area contributed by atoms with Crippen LogP contribution in [0.4, 0.5) is 0 Å². The molecule has 0 spiro atoms. The average molecular weight is 1110 g/mol. The third-order valence-corrected chi connectivity index (χ3v) is 16.4. The molecular weight excluding hydrogens is 979 g/mol. The Morgan fingerprint density at radius 1 is 0.462 bits per heavy atom. The standard InChI is InChI=1S/C67H129NO10/c1-3-5-7-9-11-13-14-35-39-43-47-51-55-63(72)76-56-52-48-44-40-36-33-31-29-27-25-23-21-19-17-15-16-18-20-22-24-26-28-30-32-34-38-42-46-50-54-62(71)68-59(60(70)53-49-45-41-37-12-10-8-6-4-2)58-77-67-66(75)65(74)64(73)61(57-69)78-67/h49,53,59-61,64-67,69-70,73-75H,3-48,50-52,54-58H2,1-2H3,(H,68,71)/b53-49+. The van der Waals surface area contributed by atoms with Crippen molar-refractivity contribution in [2.24, 2.45) is 0 Å². The highest BCUT2D eigenvalue weighted by atomic mass is 16.7. The summed E-state index contributed by atoms with van der Waals surface area (Å²) in [5.74, 6) is -0.166. The minimum atomic E-state index is -1.57. The number of rotatable bonds is 60. The van der Waals surface area contributed by atoms with Crippen LogP contribution in [-0.2, 0) is 23.8 Å². The summed E-state index contributed by atoms with van der Waals surface area (Å²) in [6, 6.07) is -0.805. The van der Waals surface area contributed by atoms with Gasteiger partial charge in [-0.05, 0) is 32.1 Å². The Morgan fingerprint density at radius 3 is 1.19 bits per heavy atom. The molecule has 0 radical (unpaired) electrons. The highest BCUT2D eigenvalue weighted by Crippen LogP contribution is 2.23. The molecule has 1 fully saturated rings. The average Bonchev–Trinajstić information content (AvgIpc) is 3.45. The summed E-state index contributed by atoms with van der Waals surface area (Å²) in [4.78, 5) is 25.0. The molecule has 11 nitrogen and oxygen atoms in total. The largest absolute Gasteiger partial charge is 0.466 e. The van der Waals surface area contributed by atoms with Crippen LogP contribution in [0, 0.1) is 0 Å². The number of allylic oxidation sites excluding steroid dienone is 1. The van der Waals surface area contributed by atoms with Crippen LogP contribution in [0.1, 0.15) is 341 Å². The number of nitrogens with one attached hydrogen (secondary N) is 1. The first-order chi connectivity index (χ1) is 38.2. The molecule has 1 aliphatic rings. The Bertz CT molecular complexity index is 1300. The summed E-state index contributed by atoms with van der Waals surface area (Å²) in [7, 11) is 0. The van der Waals surface area contributed by atoms with Gasteiger partial charge in [0, 0.05) is 12.8 Å². The molecule has 0 aromatic carbocycles. The van der Waals surface area contributed by atoms with Crippen molar-refractivity contribution in [1.29, 1.82) is 0 Å². The maximum absolute atomic E-state index is 13.0. The second-order valence-electron chi connectivity index (χ2n) is 23.9. The summed E-state index contributed by atoms with van der Waals surface area (Å²) < 4.78 is 16.7. The lowest BCUT2D eigenvalue weighted by atomic mass is 9.99. The number of carbonyl (C=O) groups excluding carboxylic acids is 2. The summed E-state index contributed by atoms with van der Waals surface area (Å²) >= 11 is 0. The number of aliphatic hydroxyl groups excluding tert-OH is 5. The summed E-state index contributed by atoms with van der Waals surface area (Å²) in [5.41, 5.74) is 0. The molecule has 1 aliphatic heterocycles. The monoisotopic (exact) mass is 1110 g/mol. The van der Waals surface area contributed by atoms with E-state index in [1.54, 1.807) is 6.08 Å². The van der Waals surface area contributed by atoms with E-state index in [2.05, 4.69) is 19.2 Å². The van der Waals surface area contributed by atoms with Crippen LogP contribution in [0.3, 0.4) is 0 Å². The quantitative estimate of drug-likeness (QED) is 0.0195. The van der Waals surface area contributed by atoms with Crippen molar-refractivity contribution >= 4 is 11.9 Å². The van der Waals surface area contributed by atoms with Crippen LogP contribution < -0.4 is 5.32 Å². The van der Waals surface area contributed by atoms with E-state index < -0.39 is 49.5 Å². The number of amides is 1. The van der Waals surface area contributed by atoms with Gasteiger partial charge in [0.25, 0.3) is 0 Å². The first-order valence-electron chi connectivity index (χ1n) is 34.0. The summed E-state index contributed by atoms with van der Waals surface area (Å²) in [6.07, 6.45) is 59.3. The Labute approximate surface area is 480 Å². The van der Waals surface area contributed by atoms with E-state index in [1.165, 1.54) is 263 Å². The van der Waals surface area contributed by atoms with Crippen molar-refractivity contribution in [3.8, 4) is 0 Å². The van der Waals surface area contributed by atoms with E-state index in [1.807, 2.05) is 6.08 Å². The lowest BCUT2D eigenvalue weighted by Crippen LogP contribution is -2.60. The molecule has 0 aromatic heterocycles. The van der Waals surface area contributed by atoms with Gasteiger partial charge >= 0.3 is 5.97 Å². The van der Waals surface area contributed by atoms with Crippen LogP contribution >= 0.6 is 0 Å². The number of carbonyl (C=O) groups is 2. The molecule has 11 heteroatoms. The van der Waals surface area contributed by atoms with Gasteiger partial charge in [0.15, 0.2) is 6.29 Å². The SMILES string of the molecule is CCCCCCCCC/C=C/C(O)C(COC1OC(CO)C(O)C(O)C1O)NC(=O)CCCCCCCCCCCCCCCCCCCCCCCCCCCCCCCOC(=O)CCCCCCCCCCCCCC. The predicted octanol–water partition coefficient (Wildman–Crippen LogP) is 16.7. The molecule has 1 heterocycles. The van der Waals surface area contributed by atoms with Gasteiger partial charge in [0.05, 0.1) is 32.0 Å². The fraction of sp³-hybridized carbons (Fsp3) is 0.940. The maximum atomic E-state index is 13.0. The minimum Gasteiger partial charge on any atom is -0.466 e. The fourth-order valence-electron chi connectivity index (χ4n) is 11.0. The van der Waals surface area contributed by atoms with E-state index in [0.29, 0.717) is 19.4 Å². The van der Waals surface area contributed by atoms with Crippen molar-refractivity contribution in [2.45, 2.75) is 384 Å². The van der Waals surface area contributed by atoms with Gasteiger partial charge in [-0.25, -0.2) is 0 Å². The third-order valence-electron chi connectivity index (χ3n) is 16.4. The van der Waals surface area contributed by atoms with Gasteiger partial charge in [-0.1, -0.05) is 309 Å². The number of hydrogen-bond donors (Lipinski definition) is 6. The topological polar surface area (TPSA) is 175 Å². The molecule has 0 saturated carbocycles. The Morgan fingerprint density at radius 2 is 0.808 bits per heavy atom. The molecule has 1 rings (SSSR count). The van der Waals surface area contributed by atoms with E-state index in [0.717, 1.165) is 51.4 Å². The van der Waals surface area contributed by atoms with Gasteiger partial charge in [-0.2, -0.15) is 0 Å². The molecule has 1 saturated heterocycles. The normalized spacial score (nSPS) is 18.5. The van der Waals surface area contributed by atoms with Crippen LogP contribution in [0.2, 0.25) is 0 Å². The fourth-order valence-corrected chi connectivity index (χ4v) is 11.0. The smallest absolute Gasteiger partial charge is 0.305 e. The van der Waals surface area contributed by atoms with Gasteiger partial charge in [-0.3, -0.25) is 9.59 Å². The van der Waals surface area contributed by atoms with E-state index in [-0.39, 0.29) is 18.5 Å². The molecule has 78 heavy (non-hydrogen) atoms. The zero-order chi connectivity index (χ0) is 56.6. The molecule has 0 aliphatic carbocycles. The molecule has 0 aromatic rings. The van der Waals surface area contributed by atoms with Crippen LogP contribution in [0.15, 0.2) is 12.2 Å². The number of hydrogen-bond acceptors (Lipinski definition) is 10. The Kier molecular flexibility index (Phi) is 54.6. The molecule has 462 valence electrons. The zero-order valence-corrected chi connectivity index (χ0v) is 51.2. The maximum Gasteiger partial charge on any atom is 0.305 e. The molecule has 6 N–H and O–H groups in total. The zero-order valence-electron chi connectivity index (χ0n) is 51.2. The molecular formula is C67H129NO10. The summed E-state index contributed by atoms with van der Waals surface area (Å²) in [6.45, 7) is 4.35. The third kappa shape index (κ3) is 45.9. The van der Waals surface area contributed by atoms with Gasteiger partial charge in [0.2, 0.25) is 5.91 Å². The summed E-state index contributed by atoms with van der Waals surface area (Å²) in [5, 5.41) is 54.3. The van der Waals surface area contributed by atoms with Crippen LogP contribution in [0.25, 0.3) is 0 Å². The highest BCUT2D eigenvalue weighted by molar-refractivity contribution is 5.76. The number of aliphatic hydroxyl groups is 5. The van der Waals surface area contributed by atoms with Gasteiger partial charge in [-0.15, -0.1) is 0 Å². The van der Waals surface area contributed by atoms with Crippen LogP contribution in [-0.4, -0.2) is 100 Å². The highest BCUT2D eigenvalue weighted by Gasteiger charge is 2.44. The molecule has 0 bridgehead atoms. The van der Waals surface area contributed by atoms with Crippen molar-refractivity contribution in [3.63, 3.8) is 0 Å².